The molecule has 4 rings (SSSR count). The third-order valence-electron chi connectivity index (χ3n) is 5.82. The van der Waals surface area contributed by atoms with Crippen LogP contribution in [-0.2, 0) is 11.2 Å². The monoisotopic (exact) mass is 390 g/mol. The predicted molar refractivity (Wildman–Crippen MR) is 110 cm³/mol. The summed E-state index contributed by atoms with van der Waals surface area (Å²) in [7, 11) is 0. The van der Waals surface area contributed by atoms with Crippen LogP contribution in [0.3, 0.4) is 0 Å². The average molecular weight is 391 g/mol. The Labute approximate surface area is 164 Å². The third kappa shape index (κ3) is 4.08. The summed E-state index contributed by atoms with van der Waals surface area (Å²) in [5.41, 5.74) is 1.13. The third-order valence-corrected chi connectivity index (χ3v) is 7.07. The van der Waals surface area contributed by atoms with E-state index in [9.17, 15) is 4.79 Å². The molecule has 0 radical (unpaired) electrons. The Bertz CT molecular complexity index is 768. The van der Waals surface area contributed by atoms with Crippen molar-refractivity contribution in [1.29, 1.82) is 0 Å². The average Bonchev–Trinajstić information content (AvgIpc) is 3.21. The summed E-state index contributed by atoms with van der Waals surface area (Å²) in [5, 5.41) is 4.01. The van der Waals surface area contributed by atoms with Crippen molar-refractivity contribution in [2.24, 2.45) is 0 Å². The van der Waals surface area contributed by atoms with E-state index < -0.39 is 0 Å². The number of likely N-dealkylation sites (tertiary alicyclic amines) is 2. The number of nitrogens with zero attached hydrogens (tertiary/aromatic N) is 2. The lowest BCUT2D eigenvalue weighted by molar-refractivity contribution is -0.133. The van der Waals surface area contributed by atoms with Gasteiger partial charge < -0.3 is 9.80 Å². The van der Waals surface area contributed by atoms with Crippen LogP contribution in [0.4, 0.5) is 0 Å². The quantitative estimate of drug-likeness (QED) is 0.736. The normalized spacial score (nSPS) is 22.0. The highest BCUT2D eigenvalue weighted by atomic mass is 35.5. The molecule has 3 nitrogen and oxygen atoms in total. The Morgan fingerprint density at radius 3 is 2.77 bits per heavy atom. The molecule has 2 aromatic rings. The van der Waals surface area contributed by atoms with Crippen LogP contribution in [0.1, 0.15) is 44.1 Å². The molecule has 2 saturated heterocycles. The van der Waals surface area contributed by atoms with Crippen LogP contribution >= 0.6 is 22.9 Å². The zero-order valence-electron chi connectivity index (χ0n) is 15.3. The second-order valence-corrected chi connectivity index (χ2v) is 9.02. The van der Waals surface area contributed by atoms with E-state index in [4.69, 9.17) is 11.6 Å². The van der Waals surface area contributed by atoms with Crippen molar-refractivity contribution in [3.05, 3.63) is 34.2 Å². The number of halogens is 1. The highest BCUT2D eigenvalue weighted by molar-refractivity contribution is 7.17. The lowest BCUT2D eigenvalue weighted by Gasteiger charge is -2.33. The summed E-state index contributed by atoms with van der Waals surface area (Å²) < 4.78 is 1.21. The molecule has 5 heteroatoms. The van der Waals surface area contributed by atoms with Gasteiger partial charge in [-0.2, -0.15) is 0 Å². The van der Waals surface area contributed by atoms with E-state index in [1.165, 1.54) is 43.5 Å². The number of thiophene rings is 1. The first-order valence-electron chi connectivity index (χ1n) is 9.88. The molecule has 1 aromatic carbocycles. The Kier molecular flexibility index (Phi) is 5.82. The van der Waals surface area contributed by atoms with Crippen molar-refractivity contribution < 1.29 is 4.79 Å². The minimum absolute atomic E-state index is 0.288. The first-order valence-corrected chi connectivity index (χ1v) is 11.1. The van der Waals surface area contributed by atoms with Crippen LogP contribution < -0.4 is 0 Å². The number of carbonyl (C=O) groups is 1. The van der Waals surface area contributed by atoms with E-state index in [1.807, 2.05) is 12.1 Å². The molecule has 0 aliphatic carbocycles. The summed E-state index contributed by atoms with van der Waals surface area (Å²) in [6, 6.07) is 6.36. The van der Waals surface area contributed by atoms with Crippen molar-refractivity contribution >= 4 is 38.9 Å². The van der Waals surface area contributed by atoms with Crippen LogP contribution in [0, 0.1) is 0 Å². The zero-order valence-corrected chi connectivity index (χ0v) is 16.8. The Morgan fingerprint density at radius 2 is 1.92 bits per heavy atom. The molecule has 0 N–H and O–H groups in total. The van der Waals surface area contributed by atoms with E-state index in [-0.39, 0.29) is 5.91 Å². The smallest absolute Gasteiger partial charge is 0.227 e. The molecule has 26 heavy (non-hydrogen) atoms. The maximum atomic E-state index is 13.2. The fraction of sp³-hybridized carbons (Fsp3) is 0.571. The molecule has 1 aromatic heterocycles. The summed E-state index contributed by atoms with van der Waals surface area (Å²) in [5.74, 6) is 0.288. The predicted octanol–water partition coefficient (Wildman–Crippen LogP) is 4.96. The molecule has 0 spiro atoms. The summed E-state index contributed by atoms with van der Waals surface area (Å²) in [4.78, 5) is 18.0. The highest BCUT2D eigenvalue weighted by Gasteiger charge is 2.28. The molecule has 2 aliphatic heterocycles. The second kappa shape index (κ2) is 8.28. The van der Waals surface area contributed by atoms with E-state index in [2.05, 4.69) is 21.2 Å². The number of fused-ring (bicyclic) bond motifs is 1. The number of hydrogen-bond acceptors (Lipinski definition) is 3. The Hall–Kier alpha value is -1.10. The molecule has 2 fully saturated rings. The molecule has 0 bridgehead atoms. The van der Waals surface area contributed by atoms with E-state index >= 15 is 0 Å². The SMILES string of the molecule is O=C(Cc1csc2ccc(Cl)cc12)N1CCCCCC1CN1CCCC1. The van der Waals surface area contributed by atoms with Gasteiger partial charge >= 0.3 is 0 Å². The van der Waals surface area contributed by atoms with Gasteiger partial charge in [-0.05, 0) is 73.3 Å². The van der Waals surface area contributed by atoms with Crippen LogP contribution in [0.25, 0.3) is 10.1 Å². The summed E-state index contributed by atoms with van der Waals surface area (Å²) in [6.07, 6.45) is 7.90. The number of carbonyl (C=O) groups excluding carboxylic acids is 1. The first-order chi connectivity index (χ1) is 12.7. The van der Waals surface area contributed by atoms with Gasteiger partial charge in [-0.25, -0.2) is 0 Å². The molecule has 140 valence electrons. The minimum Gasteiger partial charge on any atom is -0.338 e. The molecule has 0 saturated carbocycles. The zero-order chi connectivity index (χ0) is 17.9. The molecule has 2 aliphatic rings. The van der Waals surface area contributed by atoms with Crippen LogP contribution in [0.2, 0.25) is 5.02 Å². The lowest BCUT2D eigenvalue weighted by Crippen LogP contribution is -2.46. The number of hydrogen-bond donors (Lipinski definition) is 0. The topological polar surface area (TPSA) is 23.6 Å². The van der Waals surface area contributed by atoms with Crippen molar-refractivity contribution in [2.75, 3.05) is 26.2 Å². The van der Waals surface area contributed by atoms with E-state index in [0.717, 1.165) is 41.9 Å². The molecule has 3 heterocycles. The van der Waals surface area contributed by atoms with Gasteiger partial charge in [0.25, 0.3) is 0 Å². The van der Waals surface area contributed by atoms with Gasteiger partial charge in [0.2, 0.25) is 5.91 Å². The molecular weight excluding hydrogens is 364 g/mol. The lowest BCUT2D eigenvalue weighted by atomic mass is 10.1. The molecular formula is C21H27ClN2OS. The van der Waals surface area contributed by atoms with Crippen molar-refractivity contribution in [1.82, 2.24) is 9.80 Å². The first kappa shape index (κ1) is 18.3. The molecule has 1 unspecified atom stereocenters. The largest absolute Gasteiger partial charge is 0.338 e. The van der Waals surface area contributed by atoms with Crippen molar-refractivity contribution in [3.8, 4) is 0 Å². The number of amides is 1. The second-order valence-electron chi connectivity index (χ2n) is 7.68. The standard InChI is InChI=1S/C21H27ClN2OS/c22-17-7-8-20-19(13-17)16(15-26-20)12-21(25)24-11-3-1-2-6-18(24)14-23-9-4-5-10-23/h7-8,13,15,18H,1-6,9-12,14H2. The van der Waals surface area contributed by atoms with Gasteiger partial charge in [-0.1, -0.05) is 24.4 Å². The highest BCUT2D eigenvalue weighted by Crippen LogP contribution is 2.30. The van der Waals surface area contributed by atoms with Gasteiger partial charge in [0.1, 0.15) is 0 Å². The Morgan fingerprint density at radius 1 is 1.12 bits per heavy atom. The Balaban J connectivity index is 1.50. The van der Waals surface area contributed by atoms with Crippen LogP contribution in [0.15, 0.2) is 23.6 Å². The molecule has 1 amide bonds. The van der Waals surface area contributed by atoms with Gasteiger partial charge in [-0.15, -0.1) is 11.3 Å². The van der Waals surface area contributed by atoms with Crippen molar-refractivity contribution in [3.63, 3.8) is 0 Å². The minimum atomic E-state index is 0.288. The molecule has 1 atom stereocenters. The van der Waals surface area contributed by atoms with Crippen molar-refractivity contribution in [2.45, 2.75) is 51.0 Å². The maximum Gasteiger partial charge on any atom is 0.227 e. The van der Waals surface area contributed by atoms with Gasteiger partial charge in [0.15, 0.2) is 0 Å². The van der Waals surface area contributed by atoms with E-state index in [1.54, 1.807) is 11.3 Å². The van der Waals surface area contributed by atoms with Gasteiger partial charge in [-0.3, -0.25) is 4.79 Å². The van der Waals surface area contributed by atoms with Gasteiger partial charge in [0.05, 0.1) is 6.42 Å². The fourth-order valence-corrected chi connectivity index (χ4v) is 5.53. The number of rotatable bonds is 4. The summed E-state index contributed by atoms with van der Waals surface area (Å²) in [6.45, 7) is 4.38. The fourth-order valence-electron chi connectivity index (χ4n) is 4.41. The van der Waals surface area contributed by atoms with Crippen LogP contribution in [-0.4, -0.2) is 47.9 Å². The van der Waals surface area contributed by atoms with Gasteiger partial charge in [0, 0.05) is 28.9 Å². The summed E-state index contributed by atoms with van der Waals surface area (Å²) >= 11 is 7.88. The van der Waals surface area contributed by atoms with Crippen LogP contribution in [0.5, 0.6) is 0 Å². The van der Waals surface area contributed by atoms with E-state index in [0.29, 0.717) is 12.5 Å². The maximum absolute atomic E-state index is 13.2. The number of benzene rings is 1.